The number of rotatable bonds is 8. The van der Waals surface area contributed by atoms with E-state index in [4.69, 9.17) is 16.2 Å². The molecule has 0 radical (unpaired) electrons. The summed E-state index contributed by atoms with van der Waals surface area (Å²) in [6.45, 7) is 2.98. The van der Waals surface area contributed by atoms with Crippen LogP contribution in [0.15, 0.2) is 24.3 Å². The molecule has 4 N–H and O–H groups in total. The molecule has 6 nitrogen and oxygen atoms in total. The van der Waals surface area contributed by atoms with E-state index in [1.54, 1.807) is 12.1 Å². The molecule has 0 aliphatic rings. The minimum atomic E-state index is -0.537. The number of hydrogen-bond donors (Lipinski definition) is 2. The van der Waals surface area contributed by atoms with Gasteiger partial charge in [-0.25, -0.2) is 0 Å². The molecule has 0 aliphatic carbocycles. The van der Waals surface area contributed by atoms with Crippen molar-refractivity contribution in [1.82, 2.24) is 4.90 Å². The number of carbonyl (C=O) groups is 2. The van der Waals surface area contributed by atoms with Crippen molar-refractivity contribution in [1.29, 1.82) is 0 Å². The number of benzene rings is 1. The lowest BCUT2D eigenvalue weighted by Gasteiger charge is -2.21. The summed E-state index contributed by atoms with van der Waals surface area (Å²) in [5.74, 6) is -0.695. The molecule has 0 bridgehead atoms. The molecule has 1 aromatic carbocycles. The summed E-state index contributed by atoms with van der Waals surface area (Å²) in [6.07, 6.45) is 0.232. The standard InChI is InChI=1S/C14H21N3O3/c1-2-20-8-7-14(19)17(10-13(16)18)9-11-3-5-12(15)6-4-11/h3-6H,2,7-10,15H2,1H3,(H2,16,18). The van der Waals surface area contributed by atoms with E-state index < -0.39 is 5.91 Å². The van der Waals surface area contributed by atoms with Crippen molar-refractivity contribution < 1.29 is 14.3 Å². The first-order chi connectivity index (χ1) is 9.52. The van der Waals surface area contributed by atoms with Gasteiger partial charge in [-0.15, -0.1) is 0 Å². The smallest absolute Gasteiger partial charge is 0.237 e. The molecule has 1 aromatic rings. The van der Waals surface area contributed by atoms with Crippen molar-refractivity contribution in [3.8, 4) is 0 Å². The molecule has 0 atom stereocenters. The van der Waals surface area contributed by atoms with E-state index in [1.807, 2.05) is 19.1 Å². The lowest BCUT2D eigenvalue weighted by molar-refractivity contribution is -0.136. The van der Waals surface area contributed by atoms with Crippen LogP contribution in [0, 0.1) is 0 Å². The summed E-state index contributed by atoms with van der Waals surface area (Å²) < 4.78 is 5.15. The molecule has 20 heavy (non-hydrogen) atoms. The Morgan fingerprint density at radius 1 is 1.25 bits per heavy atom. The molecular formula is C14H21N3O3. The van der Waals surface area contributed by atoms with E-state index in [-0.39, 0.29) is 18.9 Å². The summed E-state index contributed by atoms with van der Waals surface area (Å²) >= 11 is 0. The Bertz CT molecular complexity index is 445. The molecule has 0 aromatic heterocycles. The largest absolute Gasteiger partial charge is 0.399 e. The highest BCUT2D eigenvalue weighted by molar-refractivity contribution is 5.83. The fourth-order valence-corrected chi connectivity index (χ4v) is 1.73. The summed E-state index contributed by atoms with van der Waals surface area (Å²) in [5.41, 5.74) is 12.3. The van der Waals surface area contributed by atoms with Crippen LogP contribution in [0.2, 0.25) is 0 Å². The normalized spacial score (nSPS) is 10.2. The van der Waals surface area contributed by atoms with Gasteiger partial charge in [0.25, 0.3) is 0 Å². The van der Waals surface area contributed by atoms with E-state index >= 15 is 0 Å². The fraction of sp³-hybridized carbons (Fsp3) is 0.429. The Labute approximate surface area is 118 Å². The second-order valence-corrected chi connectivity index (χ2v) is 4.40. The van der Waals surface area contributed by atoms with Crippen LogP contribution in [-0.4, -0.2) is 36.5 Å². The maximum atomic E-state index is 12.0. The predicted molar refractivity (Wildman–Crippen MR) is 76.6 cm³/mol. The second-order valence-electron chi connectivity index (χ2n) is 4.40. The van der Waals surface area contributed by atoms with Crippen molar-refractivity contribution in [2.75, 3.05) is 25.5 Å². The zero-order chi connectivity index (χ0) is 15.0. The Balaban J connectivity index is 2.65. The van der Waals surface area contributed by atoms with Gasteiger partial charge in [0.15, 0.2) is 0 Å². The molecule has 6 heteroatoms. The van der Waals surface area contributed by atoms with Gasteiger partial charge in [-0.2, -0.15) is 0 Å². The maximum absolute atomic E-state index is 12.0. The number of ether oxygens (including phenoxy) is 1. The second kappa shape index (κ2) is 8.16. The highest BCUT2D eigenvalue weighted by Gasteiger charge is 2.16. The molecule has 0 aliphatic heterocycles. The van der Waals surface area contributed by atoms with E-state index in [1.165, 1.54) is 4.90 Å². The van der Waals surface area contributed by atoms with Crippen LogP contribution < -0.4 is 11.5 Å². The third-order valence-corrected chi connectivity index (χ3v) is 2.72. The molecule has 0 saturated carbocycles. The van der Waals surface area contributed by atoms with Gasteiger partial charge in [0, 0.05) is 18.8 Å². The van der Waals surface area contributed by atoms with E-state index in [0.29, 0.717) is 25.4 Å². The molecule has 0 fully saturated rings. The van der Waals surface area contributed by atoms with Crippen LogP contribution in [0.5, 0.6) is 0 Å². The summed E-state index contributed by atoms with van der Waals surface area (Å²) in [5, 5.41) is 0. The minimum Gasteiger partial charge on any atom is -0.399 e. The lowest BCUT2D eigenvalue weighted by atomic mass is 10.2. The van der Waals surface area contributed by atoms with Crippen LogP contribution in [-0.2, 0) is 20.9 Å². The first kappa shape index (κ1) is 16.0. The van der Waals surface area contributed by atoms with E-state index in [2.05, 4.69) is 0 Å². The SMILES string of the molecule is CCOCCC(=O)N(CC(N)=O)Cc1ccc(N)cc1. The van der Waals surface area contributed by atoms with Crippen molar-refractivity contribution in [3.63, 3.8) is 0 Å². The van der Waals surface area contributed by atoms with Gasteiger partial charge >= 0.3 is 0 Å². The predicted octanol–water partition coefficient (Wildman–Crippen LogP) is 0.509. The highest BCUT2D eigenvalue weighted by atomic mass is 16.5. The van der Waals surface area contributed by atoms with Gasteiger partial charge in [-0.1, -0.05) is 12.1 Å². The first-order valence-electron chi connectivity index (χ1n) is 6.51. The minimum absolute atomic E-state index is 0.102. The lowest BCUT2D eigenvalue weighted by Crippen LogP contribution is -2.38. The number of nitrogens with zero attached hydrogens (tertiary/aromatic N) is 1. The van der Waals surface area contributed by atoms with Crippen LogP contribution >= 0.6 is 0 Å². The molecule has 1 rings (SSSR count). The monoisotopic (exact) mass is 279 g/mol. The topological polar surface area (TPSA) is 98.6 Å². The third kappa shape index (κ3) is 5.71. The van der Waals surface area contributed by atoms with Gasteiger partial charge in [0.1, 0.15) is 0 Å². The molecule has 110 valence electrons. The summed E-state index contributed by atoms with van der Waals surface area (Å²) in [4.78, 5) is 24.5. The van der Waals surface area contributed by atoms with Crippen LogP contribution in [0.1, 0.15) is 18.9 Å². The van der Waals surface area contributed by atoms with Crippen molar-refractivity contribution in [2.45, 2.75) is 19.9 Å². The van der Waals surface area contributed by atoms with Crippen molar-refractivity contribution >= 4 is 17.5 Å². The maximum Gasteiger partial charge on any atom is 0.237 e. The average Bonchev–Trinajstić information content (AvgIpc) is 2.40. The van der Waals surface area contributed by atoms with Crippen LogP contribution in [0.25, 0.3) is 0 Å². The average molecular weight is 279 g/mol. The Morgan fingerprint density at radius 2 is 1.90 bits per heavy atom. The molecule has 0 unspecified atom stereocenters. The van der Waals surface area contributed by atoms with Gasteiger partial charge < -0.3 is 21.1 Å². The highest BCUT2D eigenvalue weighted by Crippen LogP contribution is 2.09. The van der Waals surface area contributed by atoms with Gasteiger partial charge in [0.05, 0.1) is 19.6 Å². The molecule has 0 heterocycles. The number of nitrogen functional groups attached to an aromatic ring is 1. The Morgan fingerprint density at radius 3 is 2.45 bits per heavy atom. The summed E-state index contributed by atoms with van der Waals surface area (Å²) in [7, 11) is 0. The Kier molecular flexibility index (Phi) is 6.52. The van der Waals surface area contributed by atoms with Gasteiger partial charge in [0.2, 0.25) is 11.8 Å². The summed E-state index contributed by atoms with van der Waals surface area (Å²) in [6, 6.07) is 7.14. The molecule has 0 saturated heterocycles. The van der Waals surface area contributed by atoms with Crippen LogP contribution in [0.4, 0.5) is 5.69 Å². The Hall–Kier alpha value is -2.08. The molecule has 0 spiro atoms. The van der Waals surface area contributed by atoms with Crippen molar-refractivity contribution in [3.05, 3.63) is 29.8 Å². The number of nitrogens with two attached hydrogens (primary N) is 2. The number of amides is 2. The number of anilines is 1. The third-order valence-electron chi connectivity index (χ3n) is 2.72. The van der Waals surface area contributed by atoms with E-state index in [9.17, 15) is 9.59 Å². The quantitative estimate of drug-likeness (QED) is 0.535. The zero-order valence-electron chi connectivity index (χ0n) is 11.7. The van der Waals surface area contributed by atoms with Gasteiger partial charge in [-0.05, 0) is 24.6 Å². The number of carbonyl (C=O) groups excluding carboxylic acids is 2. The van der Waals surface area contributed by atoms with Crippen LogP contribution in [0.3, 0.4) is 0 Å². The van der Waals surface area contributed by atoms with E-state index in [0.717, 1.165) is 5.56 Å². The fourth-order valence-electron chi connectivity index (χ4n) is 1.73. The molecule has 2 amide bonds. The number of primary amides is 1. The van der Waals surface area contributed by atoms with Crippen molar-refractivity contribution in [2.24, 2.45) is 5.73 Å². The zero-order valence-corrected chi connectivity index (χ0v) is 11.7. The number of hydrogen-bond acceptors (Lipinski definition) is 4. The first-order valence-corrected chi connectivity index (χ1v) is 6.51. The van der Waals surface area contributed by atoms with Gasteiger partial charge in [-0.3, -0.25) is 9.59 Å². The molecular weight excluding hydrogens is 258 g/mol.